The average Bonchev–Trinajstić information content (AvgIpc) is 2.52. The summed E-state index contributed by atoms with van der Waals surface area (Å²) in [6.07, 6.45) is 0. The Hall–Kier alpha value is -1.72. The largest absolute Gasteiger partial charge is 0.394 e. The van der Waals surface area contributed by atoms with Crippen molar-refractivity contribution < 1.29 is 4.79 Å². The number of carbonyl (C=O) groups excluding carboxylic acids is 1. The van der Waals surface area contributed by atoms with Gasteiger partial charge in [-0.3, -0.25) is 10.4 Å². The van der Waals surface area contributed by atoms with Crippen molar-refractivity contribution in [3.63, 3.8) is 0 Å². The van der Waals surface area contributed by atoms with E-state index in [1.165, 1.54) is 0 Å². The van der Waals surface area contributed by atoms with Crippen molar-refractivity contribution in [2.45, 2.75) is 20.8 Å². The molecule has 0 saturated heterocycles. The highest BCUT2D eigenvalue weighted by Gasteiger charge is 2.13. The van der Waals surface area contributed by atoms with E-state index in [4.69, 9.17) is 5.73 Å². The number of urea groups is 1. The van der Waals surface area contributed by atoms with Gasteiger partial charge in [-0.2, -0.15) is 5.10 Å². The second-order valence-electron chi connectivity index (χ2n) is 3.21. The van der Waals surface area contributed by atoms with Crippen molar-refractivity contribution in [2.75, 3.05) is 24.1 Å². The molecule has 0 bridgehead atoms. The Morgan fingerprint density at radius 2 is 2.13 bits per heavy atom. The minimum Gasteiger partial charge on any atom is -0.394 e. The molecule has 0 spiro atoms. The number of rotatable bonds is 3. The van der Waals surface area contributed by atoms with Gasteiger partial charge < -0.3 is 10.6 Å². The van der Waals surface area contributed by atoms with E-state index < -0.39 is 0 Å². The topological polar surface area (TPSA) is 87.0 Å². The molecule has 0 aliphatic heterocycles. The lowest BCUT2D eigenvalue weighted by atomic mass is 10.4. The highest BCUT2D eigenvalue weighted by molar-refractivity contribution is 5.91. The summed E-state index contributed by atoms with van der Waals surface area (Å²) in [6.45, 7) is 6.96. The zero-order valence-corrected chi connectivity index (χ0v) is 9.29. The fourth-order valence-electron chi connectivity index (χ4n) is 1.22. The lowest BCUT2D eigenvalue weighted by molar-refractivity contribution is 0.217. The van der Waals surface area contributed by atoms with E-state index in [-0.39, 0.29) is 6.03 Å². The van der Waals surface area contributed by atoms with Crippen LogP contribution in [0.4, 0.5) is 16.3 Å². The van der Waals surface area contributed by atoms with E-state index in [0.29, 0.717) is 24.6 Å². The van der Waals surface area contributed by atoms with Crippen LogP contribution in [0, 0.1) is 6.92 Å². The number of nitrogens with one attached hydrogen (secondary N) is 2. The Labute approximate surface area is 88.8 Å². The van der Waals surface area contributed by atoms with Gasteiger partial charge in [-0.05, 0) is 20.8 Å². The predicted octanol–water partition coefficient (Wildman–Crippen LogP) is 1.17. The molecule has 0 aromatic carbocycles. The fourth-order valence-corrected chi connectivity index (χ4v) is 1.22. The Bertz CT molecular complexity index is 342. The maximum Gasteiger partial charge on any atom is 0.323 e. The summed E-state index contributed by atoms with van der Waals surface area (Å²) >= 11 is 0. The third-order valence-corrected chi connectivity index (χ3v) is 2.27. The number of hydrogen-bond acceptors (Lipinski definition) is 3. The van der Waals surface area contributed by atoms with Crippen molar-refractivity contribution in [3.05, 3.63) is 5.69 Å². The number of aromatic nitrogens is 2. The number of H-pyrrole nitrogens is 1. The average molecular weight is 211 g/mol. The minimum absolute atomic E-state index is 0.182. The lowest BCUT2D eigenvalue weighted by Gasteiger charge is -2.18. The van der Waals surface area contributed by atoms with Crippen LogP contribution in [0.15, 0.2) is 0 Å². The molecule has 4 N–H and O–H groups in total. The zero-order chi connectivity index (χ0) is 11.4. The number of amides is 2. The second-order valence-corrected chi connectivity index (χ2v) is 3.21. The Morgan fingerprint density at radius 3 is 2.53 bits per heavy atom. The van der Waals surface area contributed by atoms with Crippen LogP contribution < -0.4 is 11.1 Å². The van der Waals surface area contributed by atoms with Crippen LogP contribution in [0.25, 0.3) is 0 Å². The van der Waals surface area contributed by atoms with Gasteiger partial charge in [0.25, 0.3) is 0 Å². The van der Waals surface area contributed by atoms with Crippen LogP contribution >= 0.6 is 0 Å². The number of aromatic amines is 1. The molecule has 2 amide bonds. The van der Waals surface area contributed by atoms with Crippen molar-refractivity contribution in [1.29, 1.82) is 0 Å². The summed E-state index contributed by atoms with van der Waals surface area (Å²) in [4.78, 5) is 13.3. The number of anilines is 2. The van der Waals surface area contributed by atoms with Gasteiger partial charge in [-0.15, -0.1) is 0 Å². The van der Waals surface area contributed by atoms with Crippen LogP contribution in [0.2, 0.25) is 0 Å². The highest BCUT2D eigenvalue weighted by Crippen LogP contribution is 2.18. The van der Waals surface area contributed by atoms with Gasteiger partial charge in [0.05, 0.1) is 11.4 Å². The Morgan fingerprint density at radius 1 is 1.53 bits per heavy atom. The fraction of sp³-hybridized carbons (Fsp3) is 0.556. The molecule has 0 aliphatic rings. The van der Waals surface area contributed by atoms with Crippen molar-refractivity contribution in [2.24, 2.45) is 0 Å². The smallest absolute Gasteiger partial charge is 0.323 e. The van der Waals surface area contributed by atoms with E-state index >= 15 is 0 Å². The summed E-state index contributed by atoms with van der Waals surface area (Å²) in [5.41, 5.74) is 6.94. The first-order valence-corrected chi connectivity index (χ1v) is 4.96. The van der Waals surface area contributed by atoms with E-state index in [1.54, 1.807) is 11.8 Å². The van der Waals surface area contributed by atoms with E-state index in [1.807, 2.05) is 13.8 Å². The normalized spacial score (nSPS) is 10.1. The molecule has 15 heavy (non-hydrogen) atoms. The van der Waals surface area contributed by atoms with Gasteiger partial charge in [0, 0.05) is 13.1 Å². The van der Waals surface area contributed by atoms with Crippen LogP contribution in [0.5, 0.6) is 0 Å². The molecule has 1 aromatic rings. The van der Waals surface area contributed by atoms with Gasteiger partial charge in [-0.1, -0.05) is 0 Å². The summed E-state index contributed by atoms with van der Waals surface area (Å²) in [7, 11) is 0. The number of nitrogens with zero attached hydrogens (tertiary/aromatic N) is 2. The molecule has 0 aliphatic carbocycles. The van der Waals surface area contributed by atoms with Crippen molar-refractivity contribution in [1.82, 2.24) is 15.1 Å². The third-order valence-electron chi connectivity index (χ3n) is 2.27. The quantitative estimate of drug-likeness (QED) is 0.701. The minimum atomic E-state index is -0.182. The first-order valence-electron chi connectivity index (χ1n) is 4.96. The van der Waals surface area contributed by atoms with Crippen molar-refractivity contribution >= 4 is 17.5 Å². The number of nitrogen functional groups attached to an aromatic ring is 1. The molecule has 0 saturated carbocycles. The summed E-state index contributed by atoms with van der Waals surface area (Å²) < 4.78 is 0. The Balaban J connectivity index is 2.70. The van der Waals surface area contributed by atoms with Crippen LogP contribution in [-0.4, -0.2) is 34.2 Å². The highest BCUT2D eigenvalue weighted by atomic mass is 16.2. The van der Waals surface area contributed by atoms with E-state index in [2.05, 4.69) is 15.5 Å². The van der Waals surface area contributed by atoms with E-state index in [9.17, 15) is 4.79 Å². The molecule has 0 radical (unpaired) electrons. The first-order chi connectivity index (χ1) is 7.10. The molecule has 84 valence electrons. The molecule has 1 aromatic heterocycles. The van der Waals surface area contributed by atoms with E-state index in [0.717, 1.165) is 5.69 Å². The van der Waals surface area contributed by atoms with Gasteiger partial charge >= 0.3 is 6.03 Å². The molecule has 0 atom stereocenters. The third kappa shape index (κ3) is 2.39. The molecule has 0 fully saturated rings. The van der Waals surface area contributed by atoms with Crippen LogP contribution in [-0.2, 0) is 0 Å². The summed E-state index contributed by atoms with van der Waals surface area (Å²) in [5, 5.41) is 9.26. The van der Waals surface area contributed by atoms with Crippen LogP contribution in [0.3, 0.4) is 0 Å². The van der Waals surface area contributed by atoms with Gasteiger partial charge in [0.1, 0.15) is 0 Å². The Kier molecular flexibility index (Phi) is 3.54. The summed E-state index contributed by atoms with van der Waals surface area (Å²) in [5.74, 6) is 0.393. The maximum atomic E-state index is 11.6. The molecule has 1 rings (SSSR count). The van der Waals surface area contributed by atoms with Gasteiger partial charge in [0.2, 0.25) is 0 Å². The monoisotopic (exact) mass is 211 g/mol. The van der Waals surface area contributed by atoms with Gasteiger partial charge in [-0.25, -0.2) is 4.79 Å². The second kappa shape index (κ2) is 4.68. The standard InChI is InChI=1S/C9H17N5O/c1-4-14(5-2)9(15)11-8-7(10)6(3)12-13-8/h4-5,10H2,1-3H3,(H2,11,12,13,15). The molecular formula is C9H17N5O. The molecule has 0 unspecified atom stereocenters. The van der Waals surface area contributed by atoms with Gasteiger partial charge in [0.15, 0.2) is 5.82 Å². The van der Waals surface area contributed by atoms with Crippen molar-refractivity contribution in [3.8, 4) is 0 Å². The molecular weight excluding hydrogens is 194 g/mol. The van der Waals surface area contributed by atoms with Crippen LogP contribution in [0.1, 0.15) is 19.5 Å². The maximum absolute atomic E-state index is 11.6. The number of carbonyl (C=O) groups is 1. The predicted molar refractivity (Wildman–Crippen MR) is 59.7 cm³/mol. The zero-order valence-electron chi connectivity index (χ0n) is 9.29. The SMILES string of the molecule is CCN(CC)C(=O)Nc1n[nH]c(C)c1N. The lowest BCUT2D eigenvalue weighted by Crippen LogP contribution is -2.34. The summed E-state index contributed by atoms with van der Waals surface area (Å²) in [6, 6.07) is -0.182. The first kappa shape index (κ1) is 11.4. The number of aryl methyl sites for hydroxylation is 1. The molecule has 1 heterocycles. The number of hydrogen-bond donors (Lipinski definition) is 3. The number of nitrogens with two attached hydrogens (primary N) is 1. The molecule has 6 nitrogen and oxygen atoms in total. The molecule has 6 heteroatoms.